The van der Waals surface area contributed by atoms with Crippen LogP contribution >= 0.6 is 0 Å². The molecule has 1 aromatic heterocycles. The highest BCUT2D eigenvalue weighted by Crippen LogP contribution is 2.29. The average molecular weight is 561 g/mol. The smallest absolute Gasteiger partial charge is 0.272 e. The highest BCUT2D eigenvalue weighted by atomic mass is 16.5. The van der Waals surface area contributed by atoms with Gasteiger partial charge in [0.15, 0.2) is 11.5 Å². The maximum atomic E-state index is 13.0. The second kappa shape index (κ2) is 16.0. The number of benzene rings is 2. The molecular weight excluding hydrogens is 520 g/mol. The number of pyridine rings is 1. The number of amides is 2. The molecule has 0 aliphatic heterocycles. The molecule has 9 nitrogen and oxygen atoms in total. The highest BCUT2D eigenvalue weighted by Gasteiger charge is 2.22. The van der Waals surface area contributed by atoms with Gasteiger partial charge in [-0.25, -0.2) is 5.43 Å². The van der Waals surface area contributed by atoms with Crippen LogP contribution in [-0.2, 0) is 0 Å². The summed E-state index contributed by atoms with van der Waals surface area (Å²) in [6.45, 7) is 9.19. The number of aromatic nitrogens is 1. The summed E-state index contributed by atoms with van der Waals surface area (Å²) in [5.41, 5.74) is 4.35. The first-order valence-electron chi connectivity index (χ1n) is 13.9. The molecule has 2 aromatic carbocycles. The summed E-state index contributed by atoms with van der Waals surface area (Å²) >= 11 is 0. The third-order valence-corrected chi connectivity index (χ3v) is 6.26. The van der Waals surface area contributed by atoms with E-state index in [4.69, 9.17) is 14.2 Å². The molecule has 0 aliphatic carbocycles. The predicted octanol–water partition coefficient (Wildman–Crippen LogP) is 5.74. The molecule has 41 heavy (non-hydrogen) atoms. The third kappa shape index (κ3) is 9.63. The van der Waals surface area contributed by atoms with E-state index in [-0.39, 0.29) is 23.9 Å². The van der Waals surface area contributed by atoms with Gasteiger partial charge >= 0.3 is 0 Å². The zero-order chi connectivity index (χ0) is 29.6. The maximum absolute atomic E-state index is 13.0. The Morgan fingerprint density at radius 3 is 2.24 bits per heavy atom. The van der Waals surface area contributed by atoms with Gasteiger partial charge in [-0.15, -0.1) is 0 Å². The molecule has 0 bridgehead atoms. The zero-order valence-electron chi connectivity index (χ0n) is 24.5. The van der Waals surface area contributed by atoms with Gasteiger partial charge in [-0.05, 0) is 107 Å². The summed E-state index contributed by atoms with van der Waals surface area (Å²) in [7, 11) is 1.58. The normalized spacial score (nSPS) is 11.1. The van der Waals surface area contributed by atoms with E-state index in [1.165, 1.54) is 6.20 Å². The van der Waals surface area contributed by atoms with Crippen molar-refractivity contribution in [1.29, 1.82) is 0 Å². The van der Waals surface area contributed by atoms with E-state index in [2.05, 4.69) is 15.5 Å². The number of carbonyl (C=O) groups is 2. The fraction of sp³-hybridized carbons (Fsp3) is 0.375. The molecule has 0 unspecified atom stereocenters. The van der Waals surface area contributed by atoms with Gasteiger partial charge in [0.1, 0.15) is 5.75 Å². The van der Waals surface area contributed by atoms with Crippen LogP contribution in [0.25, 0.3) is 0 Å². The molecule has 2 amide bonds. The summed E-state index contributed by atoms with van der Waals surface area (Å²) in [5.74, 6) is 1.61. The summed E-state index contributed by atoms with van der Waals surface area (Å²) in [5, 5.41) is 3.99. The number of nitrogens with zero attached hydrogens (tertiary/aromatic N) is 3. The monoisotopic (exact) mass is 560 g/mol. The van der Waals surface area contributed by atoms with E-state index in [9.17, 15) is 9.59 Å². The van der Waals surface area contributed by atoms with Gasteiger partial charge in [0.25, 0.3) is 11.8 Å². The van der Waals surface area contributed by atoms with Crippen LogP contribution in [0.3, 0.4) is 0 Å². The van der Waals surface area contributed by atoms with Gasteiger partial charge in [-0.3, -0.25) is 14.6 Å². The lowest BCUT2D eigenvalue weighted by Crippen LogP contribution is -2.42. The van der Waals surface area contributed by atoms with Crippen molar-refractivity contribution in [2.24, 2.45) is 5.10 Å². The first-order chi connectivity index (χ1) is 19.8. The number of unbranched alkanes of at least 4 members (excludes halogenated alkanes) is 2. The Morgan fingerprint density at radius 2 is 1.61 bits per heavy atom. The van der Waals surface area contributed by atoms with Gasteiger partial charge in [0, 0.05) is 30.0 Å². The van der Waals surface area contributed by atoms with Gasteiger partial charge < -0.3 is 19.1 Å². The number of hydrazone groups is 1. The highest BCUT2D eigenvalue weighted by molar-refractivity contribution is 5.95. The van der Waals surface area contributed by atoms with E-state index in [1.54, 1.807) is 49.9 Å². The molecule has 0 fully saturated rings. The van der Waals surface area contributed by atoms with E-state index < -0.39 is 0 Å². The molecule has 0 saturated heterocycles. The standard InChI is InChI=1S/C32H40N4O5/c1-23(2)36(24(3)4)32(38)26-13-16-29(30(20-26)39-5)41-19-8-6-7-18-40-28-14-11-25(12-15-28)21-34-35-31(37)27-10-9-17-33-22-27/h9-17,20-24H,6-8,18-19H2,1-5H3,(H,35,37)/b34-21+. The van der Waals surface area contributed by atoms with Gasteiger partial charge in [0.2, 0.25) is 0 Å². The van der Waals surface area contributed by atoms with Crippen molar-refractivity contribution >= 4 is 18.0 Å². The largest absolute Gasteiger partial charge is 0.494 e. The average Bonchev–Trinajstić information content (AvgIpc) is 2.97. The van der Waals surface area contributed by atoms with Crippen LogP contribution in [0, 0.1) is 0 Å². The van der Waals surface area contributed by atoms with Crippen molar-refractivity contribution in [3.8, 4) is 17.2 Å². The Balaban J connectivity index is 1.35. The first-order valence-corrected chi connectivity index (χ1v) is 13.9. The Morgan fingerprint density at radius 1 is 0.902 bits per heavy atom. The zero-order valence-corrected chi connectivity index (χ0v) is 24.5. The topological polar surface area (TPSA) is 102 Å². The molecule has 0 atom stereocenters. The fourth-order valence-corrected chi connectivity index (χ4v) is 4.26. The molecule has 0 spiro atoms. The minimum atomic E-state index is -0.316. The van der Waals surface area contributed by atoms with Crippen LogP contribution in [0.1, 0.15) is 73.2 Å². The molecule has 0 radical (unpaired) electrons. The Labute approximate surface area is 242 Å². The number of methoxy groups -OCH3 is 1. The number of ether oxygens (including phenoxy) is 3. The van der Waals surface area contributed by atoms with Crippen LogP contribution in [0.4, 0.5) is 0 Å². The van der Waals surface area contributed by atoms with Crippen molar-refractivity contribution in [3.63, 3.8) is 0 Å². The predicted molar refractivity (Wildman–Crippen MR) is 160 cm³/mol. The van der Waals surface area contributed by atoms with E-state index in [0.717, 1.165) is 30.6 Å². The second-order valence-electron chi connectivity index (χ2n) is 10.0. The SMILES string of the molecule is COc1cc(C(=O)N(C(C)C)C(C)C)ccc1OCCCCCOc1ccc(/C=N/NC(=O)c2cccnc2)cc1. The lowest BCUT2D eigenvalue weighted by atomic mass is 10.1. The molecule has 0 aliphatic rings. The molecule has 9 heteroatoms. The number of hydrogen-bond acceptors (Lipinski definition) is 7. The molecule has 3 rings (SSSR count). The van der Waals surface area contributed by atoms with Crippen LogP contribution < -0.4 is 19.6 Å². The summed E-state index contributed by atoms with van der Waals surface area (Å²) in [6.07, 6.45) is 7.36. The van der Waals surface area contributed by atoms with Crippen LogP contribution in [0.5, 0.6) is 17.2 Å². The van der Waals surface area contributed by atoms with Crippen molar-refractivity contribution in [1.82, 2.24) is 15.3 Å². The Kier molecular flexibility index (Phi) is 12.2. The maximum Gasteiger partial charge on any atom is 0.272 e. The summed E-state index contributed by atoms with van der Waals surface area (Å²) < 4.78 is 17.3. The number of carbonyl (C=O) groups excluding carboxylic acids is 2. The quantitative estimate of drug-likeness (QED) is 0.144. The minimum absolute atomic E-state index is 0.0205. The van der Waals surface area contributed by atoms with Crippen LogP contribution in [0.2, 0.25) is 0 Å². The summed E-state index contributed by atoms with van der Waals surface area (Å²) in [4.78, 5) is 30.7. The van der Waals surface area contributed by atoms with E-state index in [1.807, 2.05) is 56.9 Å². The fourth-order valence-electron chi connectivity index (χ4n) is 4.26. The van der Waals surface area contributed by atoms with Crippen LogP contribution in [-0.4, -0.2) is 60.3 Å². The van der Waals surface area contributed by atoms with Crippen molar-refractivity contribution in [2.75, 3.05) is 20.3 Å². The van der Waals surface area contributed by atoms with Gasteiger partial charge in [0.05, 0.1) is 32.1 Å². The molecule has 1 N–H and O–H groups in total. The number of hydrogen-bond donors (Lipinski definition) is 1. The van der Waals surface area contributed by atoms with Crippen LogP contribution in [0.15, 0.2) is 72.1 Å². The van der Waals surface area contributed by atoms with Crippen molar-refractivity contribution < 1.29 is 23.8 Å². The van der Waals surface area contributed by atoms with Gasteiger partial charge in [-0.2, -0.15) is 5.10 Å². The van der Waals surface area contributed by atoms with E-state index in [0.29, 0.717) is 35.8 Å². The second-order valence-corrected chi connectivity index (χ2v) is 10.0. The van der Waals surface area contributed by atoms with Gasteiger partial charge in [-0.1, -0.05) is 0 Å². The van der Waals surface area contributed by atoms with Crippen molar-refractivity contribution in [2.45, 2.75) is 59.0 Å². The molecule has 3 aromatic rings. The van der Waals surface area contributed by atoms with Crippen molar-refractivity contribution in [3.05, 3.63) is 83.7 Å². The molecule has 218 valence electrons. The number of rotatable bonds is 15. The first kappa shape index (κ1) is 31.1. The third-order valence-electron chi connectivity index (χ3n) is 6.26. The summed E-state index contributed by atoms with van der Waals surface area (Å²) in [6, 6.07) is 16.4. The lowest BCUT2D eigenvalue weighted by Gasteiger charge is -2.31. The molecular formula is C32H40N4O5. The molecule has 0 saturated carbocycles. The molecule has 1 heterocycles. The van der Waals surface area contributed by atoms with E-state index >= 15 is 0 Å². The lowest BCUT2D eigenvalue weighted by molar-refractivity contribution is 0.0643. The Bertz CT molecular complexity index is 1270. The number of nitrogens with one attached hydrogen (secondary N) is 1. The minimum Gasteiger partial charge on any atom is -0.494 e. The Hall–Kier alpha value is -4.40.